The number of carbonyl (C=O) groups is 1. The molecule has 10 nitrogen and oxygen atoms in total. The van der Waals surface area contributed by atoms with Gasteiger partial charge in [0.05, 0.1) is 23.3 Å². The molecule has 0 aliphatic carbocycles. The van der Waals surface area contributed by atoms with Crippen LogP contribution in [0.4, 0.5) is 0 Å². The Kier molecular flexibility index (Phi) is 6.93. The van der Waals surface area contributed by atoms with Crippen LogP contribution >= 0.6 is 0 Å². The van der Waals surface area contributed by atoms with E-state index in [1.807, 2.05) is 12.1 Å². The van der Waals surface area contributed by atoms with E-state index in [1.165, 1.54) is 44.7 Å². The van der Waals surface area contributed by atoms with Gasteiger partial charge in [0.25, 0.3) is 11.7 Å². The second kappa shape index (κ2) is 9.19. The molecule has 4 N–H and O–H groups in total. The summed E-state index contributed by atoms with van der Waals surface area (Å²) < 4.78 is 5.75. The summed E-state index contributed by atoms with van der Waals surface area (Å²) in [4.78, 5) is 25.5. The molecule has 2 aromatic rings. The number of benzene rings is 1. The van der Waals surface area contributed by atoms with Crippen molar-refractivity contribution in [2.75, 3.05) is 6.54 Å². The standard InChI is InChI=1S/C19H20N6O4/c1-13(7-20)28-19(18(2,27)11-22,16-5-3-4-14(6-16)8-21)29-25-17(26)15-9-23-12-24-10-15/h3-6,9-10,12-13,27H,11,22H2,1-2H3,(H,25,26). The van der Waals surface area contributed by atoms with Crippen LogP contribution in [0.1, 0.15) is 35.3 Å². The number of ether oxygens (including phenoxy) is 1. The SMILES string of the molecule is CC(C#N)OC(ONC(=O)c1cncnc1)(c1cccc(C#N)c1)C(C)(O)CN. The quantitative estimate of drug-likeness (QED) is 0.425. The van der Waals surface area contributed by atoms with Crippen molar-refractivity contribution in [3.05, 3.63) is 59.7 Å². The second-order valence-corrected chi connectivity index (χ2v) is 6.34. The highest BCUT2D eigenvalue weighted by Gasteiger charge is 2.53. The lowest BCUT2D eigenvalue weighted by Crippen LogP contribution is -2.60. The van der Waals surface area contributed by atoms with Gasteiger partial charge in [-0.3, -0.25) is 4.79 Å². The fraction of sp³-hybridized carbons (Fsp3) is 0.316. The van der Waals surface area contributed by atoms with E-state index in [9.17, 15) is 20.4 Å². The van der Waals surface area contributed by atoms with Gasteiger partial charge in [0, 0.05) is 24.5 Å². The van der Waals surface area contributed by atoms with E-state index in [4.69, 9.17) is 15.3 Å². The molecule has 0 radical (unpaired) electrons. The number of nitrogens with one attached hydrogen (secondary N) is 1. The average Bonchev–Trinajstić information content (AvgIpc) is 2.76. The Bertz CT molecular complexity index is 938. The van der Waals surface area contributed by atoms with Gasteiger partial charge in [0.2, 0.25) is 0 Å². The van der Waals surface area contributed by atoms with E-state index in [1.54, 1.807) is 12.1 Å². The molecule has 0 aliphatic rings. The highest BCUT2D eigenvalue weighted by molar-refractivity contribution is 5.92. The van der Waals surface area contributed by atoms with Crippen LogP contribution in [0.2, 0.25) is 0 Å². The van der Waals surface area contributed by atoms with E-state index >= 15 is 0 Å². The topological polar surface area (TPSA) is 167 Å². The Labute approximate surface area is 167 Å². The van der Waals surface area contributed by atoms with Crippen LogP contribution in [0.5, 0.6) is 0 Å². The molecular formula is C19H20N6O4. The first-order valence-electron chi connectivity index (χ1n) is 8.53. The summed E-state index contributed by atoms with van der Waals surface area (Å²) >= 11 is 0. The summed E-state index contributed by atoms with van der Waals surface area (Å²) in [5.74, 6) is -2.82. The lowest BCUT2D eigenvalue weighted by Gasteiger charge is -2.43. The van der Waals surface area contributed by atoms with Crippen molar-refractivity contribution in [3.63, 3.8) is 0 Å². The van der Waals surface area contributed by atoms with Gasteiger partial charge in [0.1, 0.15) is 18.0 Å². The zero-order valence-corrected chi connectivity index (χ0v) is 15.9. The molecule has 0 saturated carbocycles. The van der Waals surface area contributed by atoms with Crippen molar-refractivity contribution in [2.24, 2.45) is 5.73 Å². The number of aromatic nitrogens is 2. The molecule has 29 heavy (non-hydrogen) atoms. The molecule has 150 valence electrons. The Morgan fingerprint density at radius 1 is 1.38 bits per heavy atom. The van der Waals surface area contributed by atoms with Crippen LogP contribution in [-0.2, 0) is 15.4 Å². The molecule has 3 unspecified atom stereocenters. The zero-order chi connectivity index (χ0) is 21.5. The number of amides is 1. The van der Waals surface area contributed by atoms with Crippen LogP contribution in [0.15, 0.2) is 43.0 Å². The predicted octanol–water partition coefficient (Wildman–Crippen LogP) is 0.501. The number of nitrogens with zero attached hydrogens (tertiary/aromatic N) is 4. The van der Waals surface area contributed by atoms with Crippen molar-refractivity contribution in [1.29, 1.82) is 10.5 Å². The third-order valence-electron chi connectivity index (χ3n) is 4.11. The van der Waals surface area contributed by atoms with Crippen molar-refractivity contribution < 1.29 is 19.5 Å². The number of nitrogens with two attached hydrogens (primary N) is 1. The highest BCUT2D eigenvalue weighted by Crippen LogP contribution is 2.38. The summed E-state index contributed by atoms with van der Waals surface area (Å²) in [6, 6.07) is 9.87. The first kappa shape index (κ1) is 21.9. The van der Waals surface area contributed by atoms with Crippen molar-refractivity contribution in [2.45, 2.75) is 31.3 Å². The van der Waals surface area contributed by atoms with Gasteiger partial charge >= 0.3 is 0 Å². The Morgan fingerprint density at radius 2 is 2.07 bits per heavy atom. The first-order valence-corrected chi connectivity index (χ1v) is 8.53. The Hall–Kier alpha value is -3.41. The smallest absolute Gasteiger partial charge is 0.278 e. The maximum absolute atomic E-state index is 12.4. The van der Waals surface area contributed by atoms with Gasteiger partial charge in [-0.05, 0) is 26.0 Å². The van der Waals surface area contributed by atoms with Crippen LogP contribution in [-0.4, -0.2) is 39.2 Å². The van der Waals surface area contributed by atoms with Gasteiger partial charge in [-0.15, -0.1) is 0 Å². The van der Waals surface area contributed by atoms with E-state index in [0.29, 0.717) is 0 Å². The molecule has 1 aromatic carbocycles. The average molecular weight is 396 g/mol. The first-order chi connectivity index (χ1) is 13.8. The molecule has 2 rings (SSSR count). The van der Waals surface area contributed by atoms with Gasteiger partial charge < -0.3 is 15.6 Å². The molecule has 10 heteroatoms. The number of carbonyl (C=O) groups excluding carboxylic acids is 1. The number of rotatable bonds is 8. The number of hydroxylamine groups is 1. The summed E-state index contributed by atoms with van der Waals surface area (Å²) in [5, 5.41) is 29.5. The second-order valence-electron chi connectivity index (χ2n) is 6.34. The third-order valence-corrected chi connectivity index (χ3v) is 4.11. The predicted molar refractivity (Wildman–Crippen MR) is 99.3 cm³/mol. The van der Waals surface area contributed by atoms with E-state index < -0.39 is 23.4 Å². The summed E-state index contributed by atoms with van der Waals surface area (Å²) in [5.41, 5.74) is 6.55. The number of nitriles is 2. The molecule has 1 aromatic heterocycles. The molecule has 1 heterocycles. The number of aliphatic hydroxyl groups is 1. The maximum Gasteiger partial charge on any atom is 0.278 e. The van der Waals surface area contributed by atoms with Gasteiger partial charge in [-0.25, -0.2) is 20.3 Å². The van der Waals surface area contributed by atoms with Crippen molar-refractivity contribution in [1.82, 2.24) is 15.4 Å². The zero-order valence-electron chi connectivity index (χ0n) is 15.9. The summed E-state index contributed by atoms with van der Waals surface area (Å²) in [6.45, 7) is 2.41. The fourth-order valence-electron chi connectivity index (χ4n) is 2.50. The van der Waals surface area contributed by atoms with Gasteiger partial charge in [0.15, 0.2) is 0 Å². The Balaban J connectivity index is 2.53. The monoisotopic (exact) mass is 396 g/mol. The van der Waals surface area contributed by atoms with Crippen molar-refractivity contribution in [3.8, 4) is 12.1 Å². The minimum atomic E-state index is -2.10. The highest BCUT2D eigenvalue weighted by atomic mass is 16.8. The van der Waals surface area contributed by atoms with E-state index in [0.717, 1.165) is 0 Å². The molecule has 3 atom stereocenters. The van der Waals surface area contributed by atoms with E-state index in [-0.39, 0.29) is 23.2 Å². The van der Waals surface area contributed by atoms with Gasteiger partial charge in [-0.2, -0.15) is 10.5 Å². The molecule has 0 fully saturated rings. The molecule has 0 saturated heterocycles. The molecule has 1 amide bonds. The fourth-order valence-corrected chi connectivity index (χ4v) is 2.50. The lowest BCUT2D eigenvalue weighted by atomic mass is 9.87. The largest absolute Gasteiger partial charge is 0.383 e. The van der Waals surface area contributed by atoms with Crippen LogP contribution in [0.3, 0.4) is 0 Å². The summed E-state index contributed by atoms with van der Waals surface area (Å²) in [6.07, 6.45) is 2.73. The number of hydrogen-bond acceptors (Lipinski definition) is 9. The third kappa shape index (κ3) is 4.71. The molecule has 0 bridgehead atoms. The summed E-state index contributed by atoms with van der Waals surface area (Å²) in [7, 11) is 0. The molecule has 0 spiro atoms. The van der Waals surface area contributed by atoms with Crippen LogP contribution < -0.4 is 11.2 Å². The molecular weight excluding hydrogens is 376 g/mol. The molecule has 0 aliphatic heterocycles. The van der Waals surface area contributed by atoms with Crippen LogP contribution in [0, 0.1) is 22.7 Å². The minimum Gasteiger partial charge on any atom is -0.383 e. The maximum atomic E-state index is 12.4. The van der Waals surface area contributed by atoms with Crippen LogP contribution in [0.25, 0.3) is 0 Å². The van der Waals surface area contributed by atoms with E-state index in [2.05, 4.69) is 15.4 Å². The van der Waals surface area contributed by atoms with Crippen molar-refractivity contribution >= 4 is 5.91 Å². The number of hydrogen-bond donors (Lipinski definition) is 3. The lowest BCUT2D eigenvalue weighted by molar-refractivity contribution is -0.348. The Morgan fingerprint density at radius 3 is 2.66 bits per heavy atom. The normalized spacial score (nSPS) is 15.8. The van der Waals surface area contributed by atoms with Gasteiger partial charge in [-0.1, -0.05) is 12.1 Å². The minimum absolute atomic E-state index is 0.0906.